The van der Waals surface area contributed by atoms with Gasteiger partial charge in [0.15, 0.2) is 0 Å². The molecule has 45 valence electrons. The molecule has 0 aromatic rings. The van der Waals surface area contributed by atoms with Gasteiger partial charge >= 0.3 is 51.4 Å². The second kappa shape index (κ2) is 23.1. The molecule has 4 N–H and O–H groups in total. The second-order valence-electron chi connectivity index (χ2n) is 0.224. The fourth-order valence-electron chi connectivity index (χ4n) is 0. The van der Waals surface area contributed by atoms with Crippen LogP contribution in [0, 0.1) is 50.9 Å². The molecule has 0 amide bonds. The Bertz CT molecular complexity index is 39.9. The van der Waals surface area contributed by atoms with Crippen LogP contribution in [-0.2, 0) is 0 Å². The van der Waals surface area contributed by atoms with Gasteiger partial charge in [-0.05, 0) is 0 Å². The van der Waals surface area contributed by atoms with Gasteiger partial charge in [-0.1, -0.05) is 0 Å². The van der Waals surface area contributed by atoms with Crippen molar-refractivity contribution in [1.29, 1.82) is 0 Å². The molecule has 0 rings (SSSR count). The molecule has 8 heavy (non-hydrogen) atoms. The van der Waals surface area contributed by atoms with Gasteiger partial charge in [-0.15, -0.1) is 0 Å². The van der Waals surface area contributed by atoms with Crippen LogP contribution in [0.4, 0.5) is 0 Å². The van der Waals surface area contributed by atoms with Crippen LogP contribution in [0.15, 0.2) is 0 Å². The van der Waals surface area contributed by atoms with E-state index in [9.17, 15) is 0 Å². The summed E-state index contributed by atoms with van der Waals surface area (Å²) < 4.78 is 0. The van der Waals surface area contributed by atoms with E-state index in [0.29, 0.717) is 0 Å². The van der Waals surface area contributed by atoms with E-state index >= 15 is 0 Å². The SMILES string of the molecule is O.O.O=[N+]([O-])[O-].[H-].[K+].[La]. The van der Waals surface area contributed by atoms with Gasteiger partial charge in [0.25, 0.3) is 0 Å². The largest absolute Gasteiger partial charge is 1.00 e. The van der Waals surface area contributed by atoms with Crippen LogP contribution in [0.1, 0.15) is 1.43 Å². The van der Waals surface area contributed by atoms with Crippen molar-refractivity contribution in [1.82, 2.24) is 0 Å². The van der Waals surface area contributed by atoms with Crippen LogP contribution in [0.25, 0.3) is 0 Å². The van der Waals surface area contributed by atoms with Crippen LogP contribution in [-0.4, -0.2) is 16.0 Å². The van der Waals surface area contributed by atoms with Crippen molar-refractivity contribution in [2.75, 3.05) is 0 Å². The third-order valence-electron chi connectivity index (χ3n) is 0. The van der Waals surface area contributed by atoms with Gasteiger partial charge in [0.1, 0.15) is 0 Å². The van der Waals surface area contributed by atoms with E-state index in [4.69, 9.17) is 15.3 Å². The molecule has 0 bridgehead atoms. The van der Waals surface area contributed by atoms with E-state index in [2.05, 4.69) is 0 Å². The predicted molar refractivity (Wildman–Crippen MR) is 18.7 cm³/mol. The first-order valence-corrected chi connectivity index (χ1v) is 0.548. The van der Waals surface area contributed by atoms with Gasteiger partial charge in [0.05, 0.1) is 5.09 Å². The minimum absolute atomic E-state index is 0. The molecule has 0 saturated heterocycles. The molecular weight excluding hydrogens is 272 g/mol. The summed E-state index contributed by atoms with van der Waals surface area (Å²) in [5, 5.41) is 14.8. The van der Waals surface area contributed by atoms with E-state index < -0.39 is 5.09 Å². The van der Waals surface area contributed by atoms with Gasteiger partial charge in [-0.25, -0.2) is 0 Å². The molecular formula is H5KLaNO5-. The zero-order valence-corrected chi connectivity index (χ0v) is 11.0. The maximum absolute atomic E-state index is 8.25. The molecule has 0 fully saturated rings. The van der Waals surface area contributed by atoms with Crippen molar-refractivity contribution >= 4 is 0 Å². The average molecular weight is 277 g/mol. The number of nitrogens with zero attached hydrogens (tertiary/aromatic N) is 1. The van der Waals surface area contributed by atoms with E-state index in [0.717, 1.165) is 0 Å². The first kappa shape index (κ1) is 32.5. The minimum atomic E-state index is -1.75. The third-order valence-corrected chi connectivity index (χ3v) is 0. The number of rotatable bonds is 0. The molecule has 6 nitrogen and oxygen atoms in total. The first-order chi connectivity index (χ1) is 1.73. The van der Waals surface area contributed by atoms with Crippen LogP contribution >= 0.6 is 0 Å². The quantitative estimate of drug-likeness (QED) is 0.250. The van der Waals surface area contributed by atoms with Crippen molar-refractivity contribution in [2.45, 2.75) is 0 Å². The van der Waals surface area contributed by atoms with Gasteiger partial charge in [0, 0.05) is 35.6 Å². The summed E-state index contributed by atoms with van der Waals surface area (Å²) in [6.45, 7) is 0. The third kappa shape index (κ3) is 101. The van der Waals surface area contributed by atoms with Gasteiger partial charge in [-0.2, -0.15) is 0 Å². The van der Waals surface area contributed by atoms with Crippen LogP contribution in [0.5, 0.6) is 0 Å². The summed E-state index contributed by atoms with van der Waals surface area (Å²) in [7, 11) is 0. The monoisotopic (exact) mass is 277 g/mol. The fourth-order valence-corrected chi connectivity index (χ4v) is 0. The molecule has 0 atom stereocenters. The maximum atomic E-state index is 8.25. The molecule has 0 saturated carbocycles. The second-order valence-corrected chi connectivity index (χ2v) is 0.224. The molecule has 1 radical (unpaired) electrons. The molecule has 0 aliphatic heterocycles. The van der Waals surface area contributed by atoms with Gasteiger partial charge in [0.2, 0.25) is 0 Å². The zero-order valence-electron chi connectivity index (χ0n) is 5.25. The average Bonchev–Trinajstić information content (AvgIpc) is 0.811. The summed E-state index contributed by atoms with van der Waals surface area (Å²) in [4.78, 5) is 8.25. The fraction of sp³-hybridized carbons (Fsp3) is 0. The van der Waals surface area contributed by atoms with E-state index in [-0.39, 0.29) is 99.4 Å². The van der Waals surface area contributed by atoms with E-state index in [1.807, 2.05) is 0 Å². The van der Waals surface area contributed by atoms with Gasteiger partial charge in [-0.3, -0.25) is 0 Å². The molecule has 0 aliphatic carbocycles. The molecule has 0 unspecified atom stereocenters. The maximum Gasteiger partial charge on any atom is 1.00 e. The molecule has 0 spiro atoms. The number of hydrogen-bond acceptors (Lipinski definition) is 3. The van der Waals surface area contributed by atoms with Crippen LogP contribution in [0.2, 0.25) is 0 Å². The number of hydrogen-bond donors (Lipinski definition) is 0. The van der Waals surface area contributed by atoms with Gasteiger partial charge < -0.3 is 27.7 Å². The normalized spacial score (nSPS) is 3.00. The smallest absolute Gasteiger partial charge is 1.00 e. The Morgan fingerprint density at radius 2 is 1.25 bits per heavy atom. The molecule has 0 aliphatic rings. The topological polar surface area (TPSA) is 129 Å². The zero-order chi connectivity index (χ0) is 3.58. The van der Waals surface area contributed by atoms with Crippen LogP contribution < -0.4 is 51.4 Å². The van der Waals surface area contributed by atoms with Crippen molar-refractivity contribution in [3.05, 3.63) is 15.3 Å². The Kier molecular flexibility index (Phi) is 93.9. The Balaban J connectivity index is -0.00000000450. The summed E-state index contributed by atoms with van der Waals surface area (Å²) >= 11 is 0. The molecule has 0 heterocycles. The van der Waals surface area contributed by atoms with Crippen molar-refractivity contribution in [3.8, 4) is 0 Å². The summed E-state index contributed by atoms with van der Waals surface area (Å²) in [5.41, 5.74) is 0. The van der Waals surface area contributed by atoms with Crippen molar-refractivity contribution in [3.63, 3.8) is 0 Å². The van der Waals surface area contributed by atoms with Crippen molar-refractivity contribution in [2.24, 2.45) is 0 Å². The first-order valence-electron chi connectivity index (χ1n) is 0.548. The Labute approximate surface area is 117 Å². The van der Waals surface area contributed by atoms with Crippen molar-refractivity contribution < 1.29 is 104 Å². The summed E-state index contributed by atoms with van der Waals surface area (Å²) in [6, 6.07) is 0. The minimum Gasteiger partial charge on any atom is -1.00 e. The Morgan fingerprint density at radius 1 is 1.25 bits per heavy atom. The molecule has 0 aromatic heterocycles. The summed E-state index contributed by atoms with van der Waals surface area (Å²) in [6.07, 6.45) is 0. The Morgan fingerprint density at radius 3 is 1.25 bits per heavy atom. The molecule has 0 aromatic carbocycles. The van der Waals surface area contributed by atoms with E-state index in [1.54, 1.807) is 0 Å². The summed E-state index contributed by atoms with van der Waals surface area (Å²) in [5.74, 6) is 0. The standard InChI is InChI=1S/K.La.NO3.2H2O.H/c;;2-1(3)4;;;/h;;;2*1H2;/q+1;;-1;;;-1. The Hall–Kier alpha value is 1.95. The van der Waals surface area contributed by atoms with E-state index in [1.165, 1.54) is 0 Å². The molecule has 8 heteroatoms. The van der Waals surface area contributed by atoms with Crippen LogP contribution in [0.3, 0.4) is 0 Å². The predicted octanol–water partition coefficient (Wildman–Crippen LogP) is -4.77.